The van der Waals surface area contributed by atoms with Gasteiger partial charge in [0.1, 0.15) is 0 Å². The quantitative estimate of drug-likeness (QED) is 0.674. The lowest BCUT2D eigenvalue weighted by Gasteiger charge is -2.35. The van der Waals surface area contributed by atoms with E-state index >= 15 is 0 Å². The maximum absolute atomic E-state index is 13.5. The Hall–Kier alpha value is -3.49. The summed E-state index contributed by atoms with van der Waals surface area (Å²) in [6.07, 6.45) is 2.68. The van der Waals surface area contributed by atoms with Gasteiger partial charge in [-0.05, 0) is 38.3 Å². The molecular weight excluding hydrogens is 400 g/mol. The predicted octanol–water partition coefficient (Wildman–Crippen LogP) is 2.72. The number of likely N-dealkylation sites (tertiary alicyclic amines) is 1. The molecule has 9 heteroatoms. The summed E-state index contributed by atoms with van der Waals surface area (Å²) < 4.78 is 17.6. The Labute approximate surface area is 179 Å². The van der Waals surface area contributed by atoms with E-state index in [2.05, 4.69) is 10.1 Å². The number of carbonyl (C=O) groups excluding carboxylic acids is 1. The third kappa shape index (κ3) is 3.71. The zero-order valence-electron chi connectivity index (χ0n) is 18.1. The number of rotatable bonds is 5. The number of piperidine rings is 1. The lowest BCUT2D eigenvalue weighted by Crippen LogP contribution is -2.38. The Morgan fingerprint density at radius 3 is 2.42 bits per heavy atom. The Balaban J connectivity index is 1.73. The van der Waals surface area contributed by atoms with E-state index in [0.29, 0.717) is 40.7 Å². The van der Waals surface area contributed by atoms with Gasteiger partial charge in [0.05, 0.1) is 33.1 Å². The molecule has 0 bridgehead atoms. The first-order valence-electron chi connectivity index (χ1n) is 10.2. The average Bonchev–Trinajstić information content (AvgIpc) is 3.21. The third-order valence-electron chi connectivity index (χ3n) is 5.63. The van der Waals surface area contributed by atoms with E-state index in [0.717, 1.165) is 25.0 Å². The molecule has 0 spiro atoms. The molecule has 1 atom stereocenters. The highest BCUT2D eigenvalue weighted by atomic mass is 16.5. The molecule has 3 aromatic rings. The molecule has 1 amide bonds. The Morgan fingerprint density at radius 1 is 1.06 bits per heavy atom. The van der Waals surface area contributed by atoms with Crippen molar-refractivity contribution < 1.29 is 19.0 Å². The first-order valence-corrected chi connectivity index (χ1v) is 10.2. The number of nitrogens with zero attached hydrogens (tertiary/aromatic N) is 3. The van der Waals surface area contributed by atoms with Crippen molar-refractivity contribution in [3.8, 4) is 17.2 Å². The molecule has 0 unspecified atom stereocenters. The summed E-state index contributed by atoms with van der Waals surface area (Å²) in [7, 11) is 4.56. The van der Waals surface area contributed by atoms with E-state index in [4.69, 9.17) is 14.2 Å². The number of aromatic amines is 1. The second-order valence-electron chi connectivity index (χ2n) is 7.56. The number of aromatic nitrogens is 3. The number of carbonyl (C=O) groups is 1. The number of ether oxygens (including phenoxy) is 3. The maximum Gasteiger partial charge on any atom is 0.272 e. The number of H-pyrrole nitrogens is 1. The minimum atomic E-state index is -0.193. The van der Waals surface area contributed by atoms with Crippen LogP contribution in [-0.2, 0) is 0 Å². The normalized spacial score (nSPS) is 16.4. The van der Waals surface area contributed by atoms with Crippen LogP contribution in [0.2, 0.25) is 0 Å². The molecule has 1 saturated heterocycles. The van der Waals surface area contributed by atoms with Crippen molar-refractivity contribution >= 4 is 11.6 Å². The van der Waals surface area contributed by atoms with Crippen LogP contribution in [-0.4, -0.2) is 53.3 Å². The molecule has 1 fully saturated rings. The molecule has 31 heavy (non-hydrogen) atoms. The van der Waals surface area contributed by atoms with E-state index < -0.39 is 0 Å². The van der Waals surface area contributed by atoms with Crippen molar-refractivity contribution in [1.82, 2.24) is 19.5 Å². The van der Waals surface area contributed by atoms with Crippen LogP contribution < -0.4 is 19.8 Å². The molecule has 1 aliphatic heterocycles. The van der Waals surface area contributed by atoms with Crippen LogP contribution in [0.4, 0.5) is 0 Å². The number of amides is 1. The van der Waals surface area contributed by atoms with Gasteiger partial charge < -0.3 is 19.1 Å². The van der Waals surface area contributed by atoms with Crippen molar-refractivity contribution in [3.05, 3.63) is 51.6 Å². The number of hydrogen-bond acceptors (Lipinski definition) is 6. The smallest absolute Gasteiger partial charge is 0.272 e. The SMILES string of the molecule is COc1cc(C(=O)N2CCCC[C@H]2c2cc3nc(C)cc(=O)n3[nH]2)cc(OC)c1OC. The van der Waals surface area contributed by atoms with Gasteiger partial charge in [-0.15, -0.1) is 0 Å². The van der Waals surface area contributed by atoms with Crippen LogP contribution in [0.5, 0.6) is 17.2 Å². The number of nitrogens with one attached hydrogen (secondary N) is 1. The standard InChI is InChI=1S/C22H26N4O5/c1-13-9-20(27)26-19(23-13)12-15(24-26)16-7-5-6-8-25(16)22(28)14-10-17(29-2)21(31-4)18(11-14)30-3/h9-12,16,24H,5-8H2,1-4H3/t16-/m0/s1. The van der Waals surface area contributed by atoms with Crippen LogP contribution in [0.15, 0.2) is 29.1 Å². The highest BCUT2D eigenvalue weighted by Crippen LogP contribution is 2.39. The van der Waals surface area contributed by atoms with Gasteiger partial charge in [0.25, 0.3) is 11.5 Å². The minimum Gasteiger partial charge on any atom is -0.493 e. The lowest BCUT2D eigenvalue weighted by atomic mass is 9.98. The fraction of sp³-hybridized carbons (Fsp3) is 0.409. The molecule has 1 aliphatic rings. The fourth-order valence-corrected chi connectivity index (χ4v) is 4.17. The first kappa shape index (κ1) is 20.8. The molecule has 0 aliphatic carbocycles. The van der Waals surface area contributed by atoms with Gasteiger partial charge in [-0.3, -0.25) is 14.7 Å². The van der Waals surface area contributed by atoms with Gasteiger partial charge in [0, 0.05) is 29.9 Å². The van der Waals surface area contributed by atoms with Crippen molar-refractivity contribution in [2.45, 2.75) is 32.2 Å². The zero-order chi connectivity index (χ0) is 22.1. The molecule has 3 heterocycles. The predicted molar refractivity (Wildman–Crippen MR) is 114 cm³/mol. The largest absolute Gasteiger partial charge is 0.493 e. The summed E-state index contributed by atoms with van der Waals surface area (Å²) in [5, 5.41) is 3.14. The molecule has 1 N–H and O–H groups in total. The van der Waals surface area contributed by atoms with Crippen LogP contribution in [0.1, 0.15) is 47.1 Å². The molecule has 1 aromatic carbocycles. The van der Waals surface area contributed by atoms with E-state index in [9.17, 15) is 9.59 Å². The molecule has 2 aromatic heterocycles. The third-order valence-corrected chi connectivity index (χ3v) is 5.63. The summed E-state index contributed by atoms with van der Waals surface area (Å²) in [5.41, 5.74) is 2.27. The van der Waals surface area contributed by atoms with Crippen LogP contribution in [0, 0.1) is 6.92 Å². The van der Waals surface area contributed by atoms with E-state index in [-0.39, 0.29) is 17.5 Å². The van der Waals surface area contributed by atoms with Crippen molar-refractivity contribution in [1.29, 1.82) is 0 Å². The van der Waals surface area contributed by atoms with Gasteiger partial charge in [0.15, 0.2) is 17.1 Å². The molecule has 0 saturated carbocycles. The summed E-state index contributed by atoms with van der Waals surface area (Å²) in [5.74, 6) is 1.15. The van der Waals surface area contributed by atoms with E-state index in [1.807, 2.05) is 11.0 Å². The topological polar surface area (TPSA) is 98.2 Å². The lowest BCUT2D eigenvalue weighted by molar-refractivity contribution is 0.0605. The average molecular weight is 426 g/mol. The fourth-order valence-electron chi connectivity index (χ4n) is 4.17. The second-order valence-corrected chi connectivity index (χ2v) is 7.56. The number of benzene rings is 1. The highest BCUT2D eigenvalue weighted by Gasteiger charge is 2.31. The molecular formula is C22H26N4O5. The summed E-state index contributed by atoms with van der Waals surface area (Å²) >= 11 is 0. The number of aryl methyl sites for hydroxylation is 1. The van der Waals surface area contributed by atoms with Crippen LogP contribution >= 0.6 is 0 Å². The molecule has 4 rings (SSSR count). The van der Waals surface area contributed by atoms with Gasteiger partial charge in [-0.25, -0.2) is 9.50 Å². The van der Waals surface area contributed by atoms with Gasteiger partial charge >= 0.3 is 0 Å². The van der Waals surface area contributed by atoms with Gasteiger partial charge in [-0.1, -0.05) is 0 Å². The molecule has 9 nitrogen and oxygen atoms in total. The summed E-state index contributed by atoms with van der Waals surface area (Å²) in [6, 6.07) is 6.46. The zero-order valence-corrected chi connectivity index (χ0v) is 18.1. The van der Waals surface area contributed by atoms with Gasteiger partial charge in [-0.2, -0.15) is 0 Å². The van der Waals surface area contributed by atoms with Crippen LogP contribution in [0.25, 0.3) is 5.65 Å². The summed E-state index contributed by atoms with van der Waals surface area (Å²) in [4.78, 5) is 32.1. The first-order chi connectivity index (χ1) is 15.0. The maximum atomic E-state index is 13.5. The van der Waals surface area contributed by atoms with E-state index in [1.165, 1.54) is 31.9 Å². The number of methoxy groups -OCH3 is 3. The summed E-state index contributed by atoms with van der Waals surface area (Å²) in [6.45, 7) is 2.39. The van der Waals surface area contributed by atoms with E-state index in [1.54, 1.807) is 19.1 Å². The second kappa shape index (κ2) is 8.33. The number of fused-ring (bicyclic) bond motifs is 1. The van der Waals surface area contributed by atoms with Gasteiger partial charge in [0.2, 0.25) is 5.75 Å². The Kier molecular flexibility index (Phi) is 5.58. The molecule has 0 radical (unpaired) electrons. The van der Waals surface area contributed by atoms with Crippen molar-refractivity contribution in [2.75, 3.05) is 27.9 Å². The van der Waals surface area contributed by atoms with Crippen molar-refractivity contribution in [3.63, 3.8) is 0 Å². The molecule has 164 valence electrons. The highest BCUT2D eigenvalue weighted by molar-refractivity contribution is 5.96. The Bertz CT molecular complexity index is 1160. The van der Waals surface area contributed by atoms with Crippen LogP contribution in [0.3, 0.4) is 0 Å². The number of hydrogen-bond donors (Lipinski definition) is 1. The monoisotopic (exact) mass is 426 g/mol. The minimum absolute atomic E-state index is 0.140. The van der Waals surface area contributed by atoms with Crippen molar-refractivity contribution in [2.24, 2.45) is 0 Å². The Morgan fingerprint density at radius 2 is 1.77 bits per heavy atom.